The molecule has 0 atom stereocenters. The van der Waals surface area contributed by atoms with Crippen LogP contribution in [0.3, 0.4) is 0 Å². The van der Waals surface area contributed by atoms with Crippen LogP contribution in [0.15, 0.2) is 36.4 Å². The molecule has 7 nitrogen and oxygen atoms in total. The van der Waals surface area contributed by atoms with E-state index in [2.05, 4.69) is 5.32 Å². The van der Waals surface area contributed by atoms with Gasteiger partial charge in [0.1, 0.15) is 5.82 Å². The molecule has 1 aliphatic heterocycles. The van der Waals surface area contributed by atoms with Crippen molar-refractivity contribution in [3.05, 3.63) is 63.5 Å². The topological polar surface area (TPSA) is 84.7 Å². The first-order valence-corrected chi connectivity index (χ1v) is 8.14. The van der Waals surface area contributed by atoms with Crippen LogP contribution < -0.4 is 10.2 Å². The van der Waals surface area contributed by atoms with Crippen molar-refractivity contribution in [1.29, 1.82) is 0 Å². The monoisotopic (exact) mass is 359 g/mol. The number of benzene rings is 2. The first-order chi connectivity index (χ1) is 12.5. The minimum atomic E-state index is -0.598. The zero-order valence-electron chi connectivity index (χ0n) is 14.2. The molecular weight excluding hydrogens is 341 g/mol. The fourth-order valence-electron chi connectivity index (χ4n) is 2.82. The van der Waals surface area contributed by atoms with Gasteiger partial charge in [0.2, 0.25) is 0 Å². The van der Waals surface area contributed by atoms with Gasteiger partial charge in [-0.25, -0.2) is 4.39 Å². The van der Waals surface area contributed by atoms with E-state index in [4.69, 9.17) is 4.74 Å². The number of morpholine rings is 1. The molecule has 0 bridgehead atoms. The third kappa shape index (κ3) is 3.80. The second-order valence-electron chi connectivity index (χ2n) is 6.00. The van der Waals surface area contributed by atoms with E-state index < -0.39 is 16.6 Å². The lowest BCUT2D eigenvalue weighted by Crippen LogP contribution is -2.37. The van der Waals surface area contributed by atoms with Crippen molar-refractivity contribution < 1.29 is 18.8 Å². The highest BCUT2D eigenvalue weighted by atomic mass is 19.1. The minimum absolute atomic E-state index is 0.0365. The van der Waals surface area contributed by atoms with Crippen LogP contribution in [0.4, 0.5) is 21.5 Å². The van der Waals surface area contributed by atoms with Crippen molar-refractivity contribution in [3.63, 3.8) is 0 Å². The number of nitrogens with one attached hydrogen (secondary N) is 1. The fraction of sp³-hybridized carbons (Fsp3) is 0.278. The molecule has 8 heteroatoms. The second-order valence-corrected chi connectivity index (χ2v) is 6.00. The summed E-state index contributed by atoms with van der Waals surface area (Å²) in [5.41, 5.74) is 1.31. The molecule has 0 unspecified atom stereocenters. The lowest BCUT2D eigenvalue weighted by molar-refractivity contribution is -0.384. The van der Waals surface area contributed by atoms with E-state index in [9.17, 15) is 19.3 Å². The Balaban J connectivity index is 1.97. The minimum Gasteiger partial charge on any atom is -0.378 e. The quantitative estimate of drug-likeness (QED) is 0.670. The summed E-state index contributed by atoms with van der Waals surface area (Å²) < 4.78 is 19.3. The summed E-state index contributed by atoms with van der Waals surface area (Å²) in [6.07, 6.45) is 0. The van der Waals surface area contributed by atoms with Crippen LogP contribution in [0.1, 0.15) is 15.9 Å². The van der Waals surface area contributed by atoms with Crippen molar-refractivity contribution >= 4 is 23.0 Å². The average Bonchev–Trinajstić information content (AvgIpc) is 2.65. The van der Waals surface area contributed by atoms with E-state index in [1.54, 1.807) is 19.1 Å². The van der Waals surface area contributed by atoms with E-state index in [0.29, 0.717) is 32.0 Å². The molecule has 0 saturated carbocycles. The Morgan fingerprint density at radius 1 is 1.23 bits per heavy atom. The standard InChI is InChI=1S/C18H18FN3O4/c1-12-2-4-15(19)16(10-12)20-18(23)14-11-13(22(24)25)3-5-17(14)21-6-8-26-9-7-21/h2-5,10-11H,6-9H2,1H3,(H,20,23). The van der Waals surface area contributed by atoms with Crippen LogP contribution in [-0.4, -0.2) is 37.1 Å². The molecule has 1 aliphatic rings. The Kier molecular flexibility index (Phi) is 5.13. The first kappa shape index (κ1) is 17.8. The van der Waals surface area contributed by atoms with Gasteiger partial charge in [0.25, 0.3) is 11.6 Å². The van der Waals surface area contributed by atoms with Gasteiger partial charge in [-0.05, 0) is 30.7 Å². The van der Waals surface area contributed by atoms with Crippen LogP contribution in [0, 0.1) is 22.9 Å². The number of nitro benzene ring substituents is 1. The zero-order valence-corrected chi connectivity index (χ0v) is 14.2. The number of rotatable bonds is 4. The summed E-state index contributed by atoms with van der Waals surface area (Å²) in [5.74, 6) is -1.16. The number of nitro groups is 1. The molecule has 136 valence electrons. The number of amides is 1. The second kappa shape index (κ2) is 7.49. The van der Waals surface area contributed by atoms with Gasteiger partial charge in [0, 0.05) is 25.2 Å². The summed E-state index contributed by atoms with van der Waals surface area (Å²) in [5, 5.41) is 13.6. The maximum absolute atomic E-state index is 14.0. The van der Waals surface area contributed by atoms with Gasteiger partial charge < -0.3 is 15.0 Å². The van der Waals surface area contributed by atoms with Crippen molar-refractivity contribution in [2.45, 2.75) is 6.92 Å². The van der Waals surface area contributed by atoms with Gasteiger partial charge in [-0.3, -0.25) is 14.9 Å². The van der Waals surface area contributed by atoms with Crippen LogP contribution in [0.25, 0.3) is 0 Å². The number of aryl methyl sites for hydroxylation is 1. The predicted octanol–water partition coefficient (Wildman–Crippen LogP) is 3.13. The number of carbonyl (C=O) groups excluding carboxylic acids is 1. The Labute approximate surface area is 149 Å². The Hall–Kier alpha value is -3.00. The summed E-state index contributed by atoms with van der Waals surface area (Å²) in [6.45, 7) is 3.92. The molecule has 26 heavy (non-hydrogen) atoms. The number of nitrogens with zero attached hydrogens (tertiary/aromatic N) is 2. The van der Waals surface area contributed by atoms with E-state index in [-0.39, 0.29) is 16.9 Å². The summed E-state index contributed by atoms with van der Waals surface area (Å²) in [7, 11) is 0. The predicted molar refractivity (Wildman–Crippen MR) is 95.2 cm³/mol. The molecule has 1 fully saturated rings. The number of carbonyl (C=O) groups is 1. The molecule has 0 aliphatic carbocycles. The molecule has 3 rings (SSSR count). The highest BCUT2D eigenvalue weighted by Crippen LogP contribution is 2.28. The molecule has 1 saturated heterocycles. The van der Waals surface area contributed by atoms with Crippen LogP contribution >= 0.6 is 0 Å². The third-order valence-electron chi connectivity index (χ3n) is 4.16. The maximum atomic E-state index is 14.0. The maximum Gasteiger partial charge on any atom is 0.270 e. The van der Waals surface area contributed by atoms with Gasteiger partial charge in [-0.1, -0.05) is 6.07 Å². The molecule has 1 N–H and O–H groups in total. The molecule has 2 aromatic rings. The van der Waals surface area contributed by atoms with E-state index in [1.807, 2.05) is 4.90 Å². The zero-order chi connectivity index (χ0) is 18.7. The van der Waals surface area contributed by atoms with Gasteiger partial charge in [-0.2, -0.15) is 0 Å². The van der Waals surface area contributed by atoms with Crippen LogP contribution in [0.2, 0.25) is 0 Å². The van der Waals surface area contributed by atoms with Gasteiger partial charge in [-0.15, -0.1) is 0 Å². The molecule has 0 radical (unpaired) electrons. The van der Waals surface area contributed by atoms with Gasteiger partial charge >= 0.3 is 0 Å². The number of anilines is 2. The summed E-state index contributed by atoms with van der Waals surface area (Å²) in [6, 6.07) is 8.49. The number of halogens is 1. The molecule has 0 aromatic heterocycles. The van der Waals surface area contributed by atoms with Crippen molar-refractivity contribution in [1.82, 2.24) is 0 Å². The van der Waals surface area contributed by atoms with Crippen molar-refractivity contribution in [2.24, 2.45) is 0 Å². The lowest BCUT2D eigenvalue weighted by atomic mass is 10.1. The van der Waals surface area contributed by atoms with Crippen LogP contribution in [-0.2, 0) is 4.74 Å². The molecule has 2 aromatic carbocycles. The molecular formula is C18H18FN3O4. The number of ether oxygens (including phenoxy) is 1. The third-order valence-corrected chi connectivity index (χ3v) is 4.16. The highest BCUT2D eigenvalue weighted by molar-refractivity contribution is 6.08. The normalized spacial score (nSPS) is 14.2. The Bertz CT molecular complexity index is 850. The molecule has 1 amide bonds. The van der Waals surface area contributed by atoms with E-state index in [0.717, 1.165) is 5.56 Å². The smallest absolute Gasteiger partial charge is 0.270 e. The number of non-ortho nitro benzene ring substituents is 1. The summed E-state index contributed by atoms with van der Waals surface area (Å²) in [4.78, 5) is 25.2. The van der Waals surface area contributed by atoms with Crippen LogP contribution in [0.5, 0.6) is 0 Å². The molecule has 1 heterocycles. The van der Waals surface area contributed by atoms with Gasteiger partial charge in [0.15, 0.2) is 0 Å². The highest BCUT2D eigenvalue weighted by Gasteiger charge is 2.22. The number of hydrogen-bond acceptors (Lipinski definition) is 5. The lowest BCUT2D eigenvalue weighted by Gasteiger charge is -2.30. The van der Waals surface area contributed by atoms with E-state index in [1.165, 1.54) is 24.3 Å². The molecule has 0 spiro atoms. The van der Waals surface area contributed by atoms with E-state index >= 15 is 0 Å². The largest absolute Gasteiger partial charge is 0.378 e. The SMILES string of the molecule is Cc1ccc(F)c(NC(=O)c2cc([N+](=O)[O-])ccc2N2CCOCC2)c1. The van der Waals surface area contributed by atoms with Crippen molar-refractivity contribution in [2.75, 3.05) is 36.5 Å². The fourth-order valence-corrected chi connectivity index (χ4v) is 2.82. The number of hydrogen-bond donors (Lipinski definition) is 1. The van der Waals surface area contributed by atoms with Crippen molar-refractivity contribution in [3.8, 4) is 0 Å². The first-order valence-electron chi connectivity index (χ1n) is 8.14. The Morgan fingerprint density at radius 2 is 1.96 bits per heavy atom. The van der Waals surface area contributed by atoms with Gasteiger partial charge in [0.05, 0.1) is 35.1 Å². The summed E-state index contributed by atoms with van der Waals surface area (Å²) >= 11 is 0. The average molecular weight is 359 g/mol. The Morgan fingerprint density at radius 3 is 2.65 bits per heavy atom.